The maximum atomic E-state index is 12.1. The second kappa shape index (κ2) is 6.48. The van der Waals surface area contributed by atoms with E-state index in [1.807, 2.05) is 51.1 Å². The molecule has 2 N–H and O–H groups in total. The van der Waals surface area contributed by atoms with Crippen LogP contribution in [0.5, 0.6) is 0 Å². The number of fused-ring (bicyclic) bond motifs is 1. The lowest BCUT2D eigenvalue weighted by molar-refractivity contribution is -0.116. The van der Waals surface area contributed by atoms with Gasteiger partial charge in [-0.2, -0.15) is 0 Å². The highest BCUT2D eigenvalue weighted by Crippen LogP contribution is 2.23. The number of anilines is 1. The largest absolute Gasteiger partial charge is 0.325 e. The molecule has 0 fully saturated rings. The third-order valence-corrected chi connectivity index (χ3v) is 3.16. The highest BCUT2D eigenvalue weighted by Gasteiger charge is 2.10. The SMILES string of the molecule is CCNC(C)CC(=O)Nc1cc(C)nc2ccccc12. The molecule has 2 rings (SSSR count). The Morgan fingerprint density at radius 1 is 1.35 bits per heavy atom. The molecule has 2 aromatic rings. The minimum absolute atomic E-state index is 0.0224. The Morgan fingerprint density at radius 3 is 2.85 bits per heavy atom. The Bertz CT molecular complexity index is 610. The number of hydrogen-bond acceptors (Lipinski definition) is 3. The minimum atomic E-state index is 0.0224. The number of pyridine rings is 1. The first-order valence-electron chi connectivity index (χ1n) is 6.99. The number of carbonyl (C=O) groups excluding carboxylic acids is 1. The summed E-state index contributed by atoms with van der Waals surface area (Å²) in [4.78, 5) is 16.6. The number of nitrogens with zero attached hydrogens (tertiary/aromatic N) is 1. The van der Waals surface area contributed by atoms with E-state index in [9.17, 15) is 4.79 Å². The van der Waals surface area contributed by atoms with Gasteiger partial charge in [0, 0.05) is 23.5 Å². The van der Waals surface area contributed by atoms with Crippen molar-refractivity contribution in [2.45, 2.75) is 33.2 Å². The van der Waals surface area contributed by atoms with Crippen LogP contribution >= 0.6 is 0 Å². The second-order valence-corrected chi connectivity index (χ2v) is 5.04. The van der Waals surface area contributed by atoms with Gasteiger partial charge < -0.3 is 10.6 Å². The lowest BCUT2D eigenvalue weighted by Gasteiger charge is -2.13. The smallest absolute Gasteiger partial charge is 0.225 e. The quantitative estimate of drug-likeness (QED) is 0.879. The average molecular weight is 271 g/mol. The molecule has 1 amide bonds. The lowest BCUT2D eigenvalue weighted by Crippen LogP contribution is -2.30. The van der Waals surface area contributed by atoms with Crippen LogP contribution in [0, 0.1) is 6.92 Å². The minimum Gasteiger partial charge on any atom is -0.325 e. The Kier molecular flexibility index (Phi) is 4.69. The number of hydrogen-bond donors (Lipinski definition) is 2. The lowest BCUT2D eigenvalue weighted by atomic mass is 10.1. The molecule has 0 bridgehead atoms. The van der Waals surface area contributed by atoms with Crippen LogP contribution in [0.4, 0.5) is 5.69 Å². The fourth-order valence-electron chi connectivity index (χ4n) is 2.31. The number of nitrogens with one attached hydrogen (secondary N) is 2. The van der Waals surface area contributed by atoms with Crippen LogP contribution in [-0.2, 0) is 4.79 Å². The fraction of sp³-hybridized carbons (Fsp3) is 0.375. The van der Waals surface area contributed by atoms with Gasteiger partial charge in [-0.3, -0.25) is 9.78 Å². The zero-order valence-electron chi connectivity index (χ0n) is 12.2. The summed E-state index contributed by atoms with van der Waals surface area (Å²) in [5.41, 5.74) is 2.64. The first kappa shape index (κ1) is 14.5. The van der Waals surface area contributed by atoms with Crippen molar-refractivity contribution in [1.82, 2.24) is 10.3 Å². The van der Waals surface area contributed by atoms with Gasteiger partial charge in [-0.05, 0) is 32.5 Å². The molecule has 4 heteroatoms. The summed E-state index contributed by atoms with van der Waals surface area (Å²) in [6, 6.07) is 9.93. The topological polar surface area (TPSA) is 54.0 Å². The van der Waals surface area contributed by atoms with Crippen LogP contribution in [-0.4, -0.2) is 23.5 Å². The van der Waals surface area contributed by atoms with Crippen LogP contribution in [0.2, 0.25) is 0 Å². The predicted molar refractivity (Wildman–Crippen MR) is 82.9 cm³/mol. The molecule has 1 aromatic carbocycles. The van der Waals surface area contributed by atoms with Crippen LogP contribution < -0.4 is 10.6 Å². The maximum Gasteiger partial charge on any atom is 0.225 e. The molecule has 0 aliphatic rings. The number of amides is 1. The standard InChI is InChI=1S/C16H21N3O/c1-4-17-11(2)10-16(20)19-15-9-12(3)18-14-8-6-5-7-13(14)15/h5-9,11,17H,4,10H2,1-3H3,(H,18,19,20). The normalized spacial score (nSPS) is 12.3. The van der Waals surface area contributed by atoms with E-state index in [-0.39, 0.29) is 11.9 Å². The van der Waals surface area contributed by atoms with Gasteiger partial charge in [0.1, 0.15) is 0 Å². The van der Waals surface area contributed by atoms with Crippen molar-refractivity contribution >= 4 is 22.5 Å². The Balaban J connectivity index is 2.19. The molecule has 0 spiro atoms. The van der Waals surface area contributed by atoms with Crippen LogP contribution in [0.25, 0.3) is 10.9 Å². The predicted octanol–water partition coefficient (Wildman–Crippen LogP) is 2.87. The maximum absolute atomic E-state index is 12.1. The van der Waals surface area contributed by atoms with Crippen molar-refractivity contribution in [2.24, 2.45) is 0 Å². The van der Waals surface area contributed by atoms with Crippen molar-refractivity contribution in [3.05, 3.63) is 36.0 Å². The van der Waals surface area contributed by atoms with Crippen molar-refractivity contribution in [3.63, 3.8) is 0 Å². The van der Waals surface area contributed by atoms with Crippen LogP contribution in [0.3, 0.4) is 0 Å². The number of aryl methyl sites for hydroxylation is 1. The molecular weight excluding hydrogens is 250 g/mol. The summed E-state index contributed by atoms with van der Waals surface area (Å²) in [5.74, 6) is 0.0224. The van der Waals surface area contributed by atoms with Gasteiger partial charge >= 0.3 is 0 Å². The van der Waals surface area contributed by atoms with Crippen molar-refractivity contribution in [1.29, 1.82) is 0 Å². The van der Waals surface area contributed by atoms with Gasteiger partial charge in [-0.1, -0.05) is 25.1 Å². The van der Waals surface area contributed by atoms with E-state index < -0.39 is 0 Å². The zero-order chi connectivity index (χ0) is 14.5. The van der Waals surface area contributed by atoms with E-state index in [2.05, 4.69) is 15.6 Å². The molecule has 1 heterocycles. The molecule has 0 aliphatic carbocycles. The van der Waals surface area contributed by atoms with Crippen LogP contribution in [0.1, 0.15) is 26.0 Å². The number of para-hydroxylation sites is 1. The molecular formula is C16H21N3O. The van der Waals surface area contributed by atoms with E-state index in [1.54, 1.807) is 0 Å². The highest BCUT2D eigenvalue weighted by molar-refractivity contribution is 6.01. The molecule has 106 valence electrons. The molecule has 0 aliphatic heterocycles. The third kappa shape index (κ3) is 3.54. The number of rotatable bonds is 5. The Hall–Kier alpha value is -1.94. The summed E-state index contributed by atoms with van der Waals surface area (Å²) in [5, 5.41) is 7.21. The molecule has 1 atom stereocenters. The van der Waals surface area contributed by atoms with Crippen molar-refractivity contribution < 1.29 is 4.79 Å². The van der Waals surface area contributed by atoms with Crippen molar-refractivity contribution in [2.75, 3.05) is 11.9 Å². The van der Waals surface area contributed by atoms with Crippen LogP contribution in [0.15, 0.2) is 30.3 Å². The van der Waals surface area contributed by atoms with Crippen molar-refractivity contribution in [3.8, 4) is 0 Å². The molecule has 0 saturated heterocycles. The summed E-state index contributed by atoms with van der Waals surface area (Å²) < 4.78 is 0. The van der Waals surface area contributed by atoms with Gasteiger partial charge in [-0.15, -0.1) is 0 Å². The van der Waals surface area contributed by atoms with Gasteiger partial charge in [0.25, 0.3) is 0 Å². The highest BCUT2D eigenvalue weighted by atomic mass is 16.1. The number of benzene rings is 1. The van der Waals surface area contributed by atoms with E-state index in [0.29, 0.717) is 6.42 Å². The van der Waals surface area contributed by atoms with E-state index in [0.717, 1.165) is 28.8 Å². The molecule has 4 nitrogen and oxygen atoms in total. The summed E-state index contributed by atoms with van der Waals surface area (Å²) in [6.45, 7) is 6.85. The number of carbonyl (C=O) groups is 1. The van der Waals surface area contributed by atoms with Gasteiger partial charge in [0.15, 0.2) is 0 Å². The Morgan fingerprint density at radius 2 is 2.10 bits per heavy atom. The first-order chi connectivity index (χ1) is 9.60. The first-order valence-corrected chi connectivity index (χ1v) is 6.99. The molecule has 20 heavy (non-hydrogen) atoms. The second-order valence-electron chi connectivity index (χ2n) is 5.04. The van der Waals surface area contributed by atoms with E-state index in [4.69, 9.17) is 0 Å². The molecule has 1 unspecified atom stereocenters. The number of aromatic nitrogens is 1. The zero-order valence-corrected chi connectivity index (χ0v) is 12.2. The van der Waals surface area contributed by atoms with Gasteiger partial charge in [-0.25, -0.2) is 0 Å². The third-order valence-electron chi connectivity index (χ3n) is 3.16. The summed E-state index contributed by atoms with van der Waals surface area (Å²) in [7, 11) is 0. The summed E-state index contributed by atoms with van der Waals surface area (Å²) >= 11 is 0. The monoisotopic (exact) mass is 271 g/mol. The van der Waals surface area contributed by atoms with E-state index >= 15 is 0 Å². The van der Waals surface area contributed by atoms with Gasteiger partial charge in [0.2, 0.25) is 5.91 Å². The Labute approximate surface area is 119 Å². The van der Waals surface area contributed by atoms with Gasteiger partial charge in [0.05, 0.1) is 11.2 Å². The average Bonchev–Trinajstić information content (AvgIpc) is 2.38. The molecule has 0 radical (unpaired) electrons. The molecule has 0 saturated carbocycles. The fourth-order valence-corrected chi connectivity index (χ4v) is 2.31. The van der Waals surface area contributed by atoms with E-state index in [1.165, 1.54) is 0 Å². The summed E-state index contributed by atoms with van der Waals surface area (Å²) in [6.07, 6.45) is 0.462. The molecule has 1 aromatic heterocycles.